The van der Waals surface area contributed by atoms with E-state index in [1.807, 2.05) is 0 Å². The second kappa shape index (κ2) is 8.49. The van der Waals surface area contributed by atoms with E-state index in [9.17, 15) is 9.18 Å². The molecule has 25 heavy (non-hydrogen) atoms. The lowest BCUT2D eigenvalue weighted by molar-refractivity contribution is 0.173. The first-order valence-electron chi connectivity index (χ1n) is 9.29. The minimum Gasteiger partial charge on any atom is -0.405 e. The summed E-state index contributed by atoms with van der Waals surface area (Å²) >= 11 is 3.28. The third-order valence-corrected chi connectivity index (χ3v) is 5.68. The highest BCUT2D eigenvalue weighted by atomic mass is 79.9. The Bertz CT molecular complexity index is 763. The van der Waals surface area contributed by atoms with E-state index >= 15 is 0 Å². The topological polar surface area (TPSA) is 38.4 Å². The molecule has 1 aromatic heterocycles. The Morgan fingerprint density at radius 1 is 1.24 bits per heavy atom. The van der Waals surface area contributed by atoms with Crippen molar-refractivity contribution in [2.75, 3.05) is 19.6 Å². The smallest absolute Gasteiger partial charge is 0.405 e. The Morgan fingerprint density at radius 2 is 2.00 bits per heavy atom. The molecule has 0 amide bonds. The fourth-order valence-electron chi connectivity index (χ4n) is 3.74. The summed E-state index contributed by atoms with van der Waals surface area (Å²) in [6.07, 6.45) is 7.42. The summed E-state index contributed by atoms with van der Waals surface area (Å²) in [4.78, 5) is 14.5. The third-order valence-electron chi connectivity index (χ3n) is 5.22. The van der Waals surface area contributed by atoms with Crippen LogP contribution in [0.15, 0.2) is 25.8 Å². The number of unbranched alkanes of at least 4 members (excludes halogenated alkanes) is 1. The van der Waals surface area contributed by atoms with Crippen LogP contribution in [0.5, 0.6) is 0 Å². The zero-order chi connectivity index (χ0) is 17.8. The molecule has 138 valence electrons. The molecule has 1 aliphatic heterocycles. The van der Waals surface area contributed by atoms with Gasteiger partial charge in [-0.2, -0.15) is 0 Å². The van der Waals surface area contributed by atoms with Crippen molar-refractivity contribution < 1.29 is 8.81 Å². The predicted molar refractivity (Wildman–Crippen MR) is 101 cm³/mol. The van der Waals surface area contributed by atoms with Crippen LogP contribution in [-0.2, 0) is 6.54 Å². The minimum absolute atomic E-state index is 0.0462. The zero-order valence-electron chi connectivity index (χ0n) is 14.8. The van der Waals surface area contributed by atoms with E-state index in [2.05, 4.69) is 27.8 Å². The number of likely N-dealkylation sites (tertiary alicyclic amines) is 1. The van der Waals surface area contributed by atoms with Gasteiger partial charge in [0.2, 0.25) is 0 Å². The molecule has 1 saturated heterocycles. The van der Waals surface area contributed by atoms with E-state index in [0.717, 1.165) is 32.0 Å². The van der Waals surface area contributed by atoms with Crippen LogP contribution >= 0.6 is 15.9 Å². The summed E-state index contributed by atoms with van der Waals surface area (Å²) in [6, 6.07) is 3.06. The van der Waals surface area contributed by atoms with Gasteiger partial charge in [-0.05, 0) is 56.9 Å². The molecule has 0 bridgehead atoms. The highest BCUT2D eigenvalue weighted by Gasteiger charge is 2.19. The van der Waals surface area contributed by atoms with Crippen LogP contribution in [0.1, 0.15) is 45.4 Å². The van der Waals surface area contributed by atoms with Crippen LogP contribution < -0.4 is 5.76 Å². The standard InChI is InChI=1S/C19H26BrFN2O2/c1-2-3-5-14-6-10-22(11-7-14)8-4-9-23-17-13-15(20)12-16(21)18(17)25-19(23)24/h12-14H,2-11H2,1H3. The van der Waals surface area contributed by atoms with E-state index < -0.39 is 11.6 Å². The lowest BCUT2D eigenvalue weighted by atomic mass is 9.91. The van der Waals surface area contributed by atoms with Crippen molar-refractivity contribution in [3.05, 3.63) is 33.0 Å². The summed E-state index contributed by atoms with van der Waals surface area (Å²) in [5.41, 5.74) is 0.570. The zero-order valence-corrected chi connectivity index (χ0v) is 16.4. The molecule has 1 aromatic carbocycles. The van der Waals surface area contributed by atoms with Crippen molar-refractivity contribution in [2.45, 2.75) is 52.0 Å². The van der Waals surface area contributed by atoms with Crippen molar-refractivity contribution in [1.29, 1.82) is 0 Å². The molecule has 1 aliphatic rings. The number of fused-ring (bicyclic) bond motifs is 1. The summed E-state index contributed by atoms with van der Waals surface area (Å²) in [5, 5.41) is 0. The van der Waals surface area contributed by atoms with Crippen LogP contribution in [0.4, 0.5) is 4.39 Å². The average Bonchev–Trinajstić information content (AvgIpc) is 2.91. The summed E-state index contributed by atoms with van der Waals surface area (Å²) in [7, 11) is 0. The molecule has 2 heterocycles. The Hall–Kier alpha value is -1.14. The van der Waals surface area contributed by atoms with Crippen molar-refractivity contribution >= 4 is 27.0 Å². The number of piperidine rings is 1. The van der Waals surface area contributed by atoms with Gasteiger partial charge >= 0.3 is 5.76 Å². The number of rotatable bonds is 7. The van der Waals surface area contributed by atoms with Gasteiger partial charge in [-0.3, -0.25) is 4.57 Å². The van der Waals surface area contributed by atoms with E-state index in [-0.39, 0.29) is 5.58 Å². The molecule has 0 N–H and O–H groups in total. The fourth-order valence-corrected chi connectivity index (χ4v) is 4.16. The highest BCUT2D eigenvalue weighted by molar-refractivity contribution is 9.10. The number of halogens is 2. The molecule has 0 radical (unpaired) electrons. The Kier molecular flexibility index (Phi) is 6.34. The van der Waals surface area contributed by atoms with Gasteiger partial charge in [0.05, 0.1) is 5.52 Å². The molecule has 0 unspecified atom stereocenters. The van der Waals surface area contributed by atoms with E-state index in [1.54, 1.807) is 6.07 Å². The van der Waals surface area contributed by atoms with Crippen LogP contribution in [0.25, 0.3) is 11.1 Å². The van der Waals surface area contributed by atoms with E-state index in [4.69, 9.17) is 4.42 Å². The second-order valence-corrected chi connectivity index (χ2v) is 7.95. The van der Waals surface area contributed by atoms with Gasteiger partial charge in [0, 0.05) is 11.0 Å². The maximum Gasteiger partial charge on any atom is 0.420 e. The molecule has 2 aromatic rings. The second-order valence-electron chi connectivity index (χ2n) is 7.04. The Morgan fingerprint density at radius 3 is 2.72 bits per heavy atom. The lowest BCUT2D eigenvalue weighted by Gasteiger charge is -2.31. The van der Waals surface area contributed by atoms with E-state index in [1.165, 1.54) is 42.7 Å². The molecule has 0 atom stereocenters. The van der Waals surface area contributed by atoms with Gasteiger partial charge in [0.1, 0.15) is 0 Å². The number of oxazole rings is 1. The molecule has 0 aliphatic carbocycles. The van der Waals surface area contributed by atoms with Gasteiger partial charge in [0.15, 0.2) is 11.4 Å². The monoisotopic (exact) mass is 412 g/mol. The van der Waals surface area contributed by atoms with Gasteiger partial charge < -0.3 is 9.32 Å². The number of aryl methyl sites for hydroxylation is 1. The van der Waals surface area contributed by atoms with Gasteiger partial charge in [-0.15, -0.1) is 0 Å². The average molecular weight is 413 g/mol. The predicted octanol–water partition coefficient (Wildman–Crippen LogP) is 4.79. The molecule has 4 nitrogen and oxygen atoms in total. The molecule has 3 rings (SSSR count). The van der Waals surface area contributed by atoms with Crippen molar-refractivity contribution in [1.82, 2.24) is 9.47 Å². The minimum atomic E-state index is -0.505. The molecular weight excluding hydrogens is 387 g/mol. The molecular formula is C19H26BrFN2O2. The lowest BCUT2D eigenvalue weighted by Crippen LogP contribution is -2.35. The van der Waals surface area contributed by atoms with Crippen molar-refractivity contribution in [3.8, 4) is 0 Å². The summed E-state index contributed by atoms with van der Waals surface area (Å²) in [6.45, 7) is 6.07. The van der Waals surface area contributed by atoms with E-state index in [0.29, 0.717) is 16.5 Å². The fraction of sp³-hybridized carbons (Fsp3) is 0.632. The first-order valence-corrected chi connectivity index (χ1v) is 10.1. The summed E-state index contributed by atoms with van der Waals surface area (Å²) < 4.78 is 21.1. The van der Waals surface area contributed by atoms with Crippen LogP contribution in [0, 0.1) is 11.7 Å². The molecule has 0 spiro atoms. The van der Waals surface area contributed by atoms with Gasteiger partial charge in [-0.1, -0.05) is 42.1 Å². The van der Waals surface area contributed by atoms with Crippen LogP contribution in [0.2, 0.25) is 0 Å². The van der Waals surface area contributed by atoms with Crippen LogP contribution in [-0.4, -0.2) is 29.1 Å². The van der Waals surface area contributed by atoms with Crippen molar-refractivity contribution in [3.63, 3.8) is 0 Å². The SMILES string of the molecule is CCCCC1CCN(CCCn2c(=O)oc3c(F)cc(Br)cc32)CC1. The molecule has 6 heteroatoms. The summed E-state index contributed by atoms with van der Waals surface area (Å²) in [5.74, 6) is -0.100. The maximum atomic E-state index is 13.9. The third kappa shape index (κ3) is 4.53. The van der Waals surface area contributed by atoms with Crippen molar-refractivity contribution in [2.24, 2.45) is 5.92 Å². The number of benzene rings is 1. The maximum absolute atomic E-state index is 13.9. The molecule has 0 saturated carbocycles. The number of nitrogens with zero attached hydrogens (tertiary/aromatic N) is 2. The number of aromatic nitrogens is 1. The highest BCUT2D eigenvalue weighted by Crippen LogP contribution is 2.24. The molecule has 1 fully saturated rings. The Labute approximate surface area is 156 Å². The first kappa shape index (κ1) is 18.6. The number of hydrogen-bond acceptors (Lipinski definition) is 3. The largest absolute Gasteiger partial charge is 0.420 e. The normalized spacial score (nSPS) is 16.8. The number of hydrogen-bond donors (Lipinski definition) is 0. The van der Waals surface area contributed by atoms with Gasteiger partial charge in [0.25, 0.3) is 0 Å². The van der Waals surface area contributed by atoms with Crippen LogP contribution in [0.3, 0.4) is 0 Å². The Balaban J connectivity index is 1.54. The quantitative estimate of drug-likeness (QED) is 0.655. The van der Waals surface area contributed by atoms with Gasteiger partial charge in [-0.25, -0.2) is 9.18 Å². The first-order chi connectivity index (χ1) is 12.1.